The fraction of sp³-hybridized carbons (Fsp3) is 0.529. The largest absolute Gasteiger partial charge is 0.492 e. The molecule has 1 amide bonds. The van der Waals surface area contributed by atoms with Crippen LogP contribution in [0.3, 0.4) is 0 Å². The molecule has 0 atom stereocenters. The second-order valence-electron chi connectivity index (χ2n) is 5.57. The summed E-state index contributed by atoms with van der Waals surface area (Å²) in [5.41, 5.74) is 0. The van der Waals surface area contributed by atoms with Crippen LogP contribution in [-0.2, 0) is 9.53 Å². The smallest absolute Gasteiger partial charge is 0.243 e. The topological polar surface area (TPSA) is 66.4 Å². The summed E-state index contributed by atoms with van der Waals surface area (Å²) in [6.07, 6.45) is 0. The fourth-order valence-corrected chi connectivity index (χ4v) is 1.92. The molecule has 0 aliphatic carbocycles. The lowest BCUT2D eigenvalue weighted by atomic mass is 10.3. The molecule has 140 valence electrons. The molecule has 0 saturated carbocycles. The van der Waals surface area contributed by atoms with E-state index < -0.39 is 0 Å². The van der Waals surface area contributed by atoms with Crippen molar-refractivity contribution in [2.45, 2.75) is 0 Å². The number of amides is 1. The number of carbonyl (C=O) groups is 1. The molecule has 0 aliphatic rings. The Bertz CT molecular complexity index is 549. The number of aliphatic imine (C=N–C) groups is 1. The highest BCUT2D eigenvalue weighted by atomic mass is 35.5. The van der Waals surface area contributed by atoms with E-state index in [0.717, 1.165) is 5.75 Å². The van der Waals surface area contributed by atoms with Crippen LogP contribution >= 0.6 is 11.6 Å². The summed E-state index contributed by atoms with van der Waals surface area (Å²) in [5, 5.41) is 3.85. The van der Waals surface area contributed by atoms with Gasteiger partial charge in [-0.1, -0.05) is 11.6 Å². The highest BCUT2D eigenvalue weighted by molar-refractivity contribution is 6.30. The van der Waals surface area contributed by atoms with Crippen molar-refractivity contribution in [3.8, 4) is 5.75 Å². The van der Waals surface area contributed by atoms with Gasteiger partial charge in [-0.05, 0) is 24.3 Å². The molecular weight excluding hydrogens is 344 g/mol. The van der Waals surface area contributed by atoms with Gasteiger partial charge in [0.05, 0.1) is 13.2 Å². The molecule has 8 heteroatoms. The van der Waals surface area contributed by atoms with Gasteiger partial charge in [0.1, 0.15) is 18.9 Å². The van der Waals surface area contributed by atoms with Crippen molar-refractivity contribution in [1.82, 2.24) is 15.1 Å². The van der Waals surface area contributed by atoms with Crippen LogP contribution in [0.4, 0.5) is 0 Å². The quantitative estimate of drug-likeness (QED) is 0.403. The van der Waals surface area contributed by atoms with Crippen molar-refractivity contribution in [3.05, 3.63) is 29.3 Å². The van der Waals surface area contributed by atoms with Gasteiger partial charge < -0.3 is 24.6 Å². The van der Waals surface area contributed by atoms with Crippen LogP contribution in [0.25, 0.3) is 0 Å². The minimum Gasteiger partial charge on any atom is -0.492 e. The van der Waals surface area contributed by atoms with E-state index in [4.69, 9.17) is 21.1 Å². The van der Waals surface area contributed by atoms with Crippen molar-refractivity contribution >= 4 is 23.5 Å². The number of hydrogen-bond donors (Lipinski definition) is 1. The van der Waals surface area contributed by atoms with Gasteiger partial charge >= 0.3 is 0 Å². The lowest BCUT2D eigenvalue weighted by molar-refractivity contribution is -0.127. The molecule has 0 bridgehead atoms. The molecule has 1 aromatic rings. The molecule has 0 saturated heterocycles. The van der Waals surface area contributed by atoms with Crippen molar-refractivity contribution in [1.29, 1.82) is 0 Å². The second kappa shape index (κ2) is 11.5. The molecule has 0 spiro atoms. The van der Waals surface area contributed by atoms with Crippen molar-refractivity contribution < 1.29 is 14.3 Å². The molecule has 1 rings (SSSR count). The third-order valence-electron chi connectivity index (χ3n) is 3.32. The highest BCUT2D eigenvalue weighted by Gasteiger charge is 2.09. The van der Waals surface area contributed by atoms with E-state index in [-0.39, 0.29) is 12.5 Å². The van der Waals surface area contributed by atoms with Crippen molar-refractivity contribution in [2.75, 3.05) is 61.1 Å². The maximum atomic E-state index is 11.7. The van der Waals surface area contributed by atoms with Gasteiger partial charge in [-0.3, -0.25) is 4.79 Å². The van der Waals surface area contributed by atoms with Gasteiger partial charge in [-0.2, -0.15) is 0 Å². The minimum atomic E-state index is -0.0585. The van der Waals surface area contributed by atoms with Crippen molar-refractivity contribution in [2.24, 2.45) is 4.99 Å². The van der Waals surface area contributed by atoms with Gasteiger partial charge in [-0.15, -0.1) is 0 Å². The molecule has 25 heavy (non-hydrogen) atoms. The molecule has 0 aromatic heterocycles. The maximum absolute atomic E-state index is 11.7. The Morgan fingerprint density at radius 2 is 1.88 bits per heavy atom. The molecule has 7 nitrogen and oxygen atoms in total. The molecule has 0 unspecified atom stereocenters. The Morgan fingerprint density at radius 3 is 2.48 bits per heavy atom. The summed E-state index contributed by atoms with van der Waals surface area (Å²) in [7, 11) is 6.95. The number of ether oxygens (including phenoxy) is 2. The van der Waals surface area contributed by atoms with E-state index in [2.05, 4.69) is 10.3 Å². The third kappa shape index (κ3) is 8.60. The average molecular weight is 371 g/mol. The molecule has 1 aromatic carbocycles. The van der Waals surface area contributed by atoms with Crippen LogP contribution in [0.15, 0.2) is 29.3 Å². The minimum absolute atomic E-state index is 0.0585. The van der Waals surface area contributed by atoms with E-state index in [1.165, 1.54) is 4.90 Å². The zero-order valence-electron chi connectivity index (χ0n) is 15.3. The van der Waals surface area contributed by atoms with E-state index in [1.54, 1.807) is 33.3 Å². The van der Waals surface area contributed by atoms with Gasteiger partial charge in [0.25, 0.3) is 0 Å². The normalized spacial score (nSPS) is 11.2. The van der Waals surface area contributed by atoms with E-state index in [9.17, 15) is 4.79 Å². The number of guanidine groups is 1. The standard InChI is InChI=1S/C17H27ClN4O3/c1-21(2)16(23)13-20-17(19-9-11-24-4)22(3)10-12-25-15-7-5-14(18)6-8-15/h5-8H,9-13H2,1-4H3,(H,19,20). The number of carbonyl (C=O) groups excluding carboxylic acids is 1. The third-order valence-corrected chi connectivity index (χ3v) is 3.57. The lowest BCUT2D eigenvalue weighted by Gasteiger charge is -2.22. The number of nitrogens with zero attached hydrogens (tertiary/aromatic N) is 3. The number of methoxy groups -OCH3 is 1. The second-order valence-corrected chi connectivity index (χ2v) is 6.01. The average Bonchev–Trinajstić information content (AvgIpc) is 2.59. The number of hydrogen-bond acceptors (Lipinski definition) is 4. The van der Waals surface area contributed by atoms with E-state index in [0.29, 0.717) is 37.3 Å². The van der Waals surface area contributed by atoms with Gasteiger partial charge in [0, 0.05) is 39.8 Å². The maximum Gasteiger partial charge on any atom is 0.243 e. The first-order valence-electron chi connectivity index (χ1n) is 8.01. The van der Waals surface area contributed by atoms with Crippen LogP contribution in [0, 0.1) is 0 Å². The summed E-state index contributed by atoms with van der Waals surface area (Å²) >= 11 is 5.85. The summed E-state index contributed by atoms with van der Waals surface area (Å²) in [6, 6.07) is 7.22. The number of likely N-dealkylation sites (N-methyl/N-ethyl adjacent to an activating group) is 2. The summed E-state index contributed by atoms with van der Waals surface area (Å²) in [5.74, 6) is 1.33. The monoisotopic (exact) mass is 370 g/mol. The van der Waals surface area contributed by atoms with E-state index in [1.807, 2.05) is 24.1 Å². The van der Waals surface area contributed by atoms with Crippen LogP contribution in [0.2, 0.25) is 5.02 Å². The van der Waals surface area contributed by atoms with Crippen LogP contribution < -0.4 is 10.1 Å². The Labute approximate surface area is 154 Å². The summed E-state index contributed by atoms with van der Waals surface area (Å²) in [6.45, 7) is 2.33. The van der Waals surface area contributed by atoms with Crippen LogP contribution in [-0.4, -0.2) is 82.8 Å². The molecule has 0 radical (unpaired) electrons. The first-order chi connectivity index (χ1) is 11.9. The summed E-state index contributed by atoms with van der Waals surface area (Å²) in [4.78, 5) is 19.5. The number of nitrogens with one attached hydrogen (secondary N) is 1. The van der Waals surface area contributed by atoms with Gasteiger partial charge in [0.2, 0.25) is 5.91 Å². The Morgan fingerprint density at radius 1 is 1.20 bits per heavy atom. The lowest BCUT2D eigenvalue weighted by Crippen LogP contribution is -2.42. The van der Waals surface area contributed by atoms with Crippen molar-refractivity contribution in [3.63, 3.8) is 0 Å². The molecule has 0 aliphatic heterocycles. The van der Waals surface area contributed by atoms with Crippen LogP contribution in [0.1, 0.15) is 0 Å². The highest BCUT2D eigenvalue weighted by Crippen LogP contribution is 2.15. The fourth-order valence-electron chi connectivity index (χ4n) is 1.80. The zero-order valence-corrected chi connectivity index (χ0v) is 16.0. The first-order valence-corrected chi connectivity index (χ1v) is 8.38. The first kappa shape index (κ1) is 21.1. The predicted molar refractivity (Wildman–Crippen MR) is 100 cm³/mol. The zero-order chi connectivity index (χ0) is 18.7. The summed E-state index contributed by atoms with van der Waals surface area (Å²) < 4.78 is 10.7. The molecular formula is C17H27ClN4O3. The van der Waals surface area contributed by atoms with Gasteiger partial charge in [-0.25, -0.2) is 4.99 Å². The Hall–Kier alpha value is -1.99. The number of benzene rings is 1. The Balaban J connectivity index is 2.54. The van der Waals surface area contributed by atoms with Crippen LogP contribution in [0.5, 0.6) is 5.75 Å². The molecule has 0 fully saturated rings. The Kier molecular flexibility index (Phi) is 9.72. The van der Waals surface area contributed by atoms with E-state index >= 15 is 0 Å². The predicted octanol–water partition coefficient (Wildman–Crippen LogP) is 1.33. The molecule has 0 heterocycles. The number of halogens is 1. The number of rotatable bonds is 9. The molecule has 1 N–H and O–H groups in total. The SMILES string of the molecule is COCCNC(=NCC(=O)N(C)C)N(C)CCOc1ccc(Cl)cc1. The van der Waals surface area contributed by atoms with Gasteiger partial charge in [0.15, 0.2) is 5.96 Å².